The molecule has 0 aromatic carbocycles. The molecule has 0 spiro atoms. The van der Waals surface area contributed by atoms with Gasteiger partial charge in [0.05, 0.1) is 5.54 Å². The number of likely N-dealkylation sites (N-methyl/N-ethyl adjacent to an activating group) is 1. The van der Waals surface area contributed by atoms with Crippen molar-refractivity contribution >= 4 is 5.78 Å². The van der Waals surface area contributed by atoms with Crippen molar-refractivity contribution in [1.82, 2.24) is 14.5 Å². The van der Waals surface area contributed by atoms with E-state index in [4.69, 9.17) is 0 Å². The van der Waals surface area contributed by atoms with Gasteiger partial charge in [-0.1, -0.05) is 6.92 Å². The summed E-state index contributed by atoms with van der Waals surface area (Å²) < 4.78 is 1.76. The van der Waals surface area contributed by atoms with E-state index in [-0.39, 0.29) is 5.78 Å². The maximum Gasteiger partial charge on any atom is 0.218 e. The predicted molar refractivity (Wildman–Crippen MR) is 59.9 cm³/mol. The van der Waals surface area contributed by atoms with Gasteiger partial charge < -0.3 is 4.57 Å². The summed E-state index contributed by atoms with van der Waals surface area (Å²) in [6.07, 6.45) is 4.21. The molecule has 0 saturated heterocycles. The van der Waals surface area contributed by atoms with Crippen molar-refractivity contribution in [2.75, 3.05) is 14.1 Å². The third kappa shape index (κ3) is 1.95. The summed E-state index contributed by atoms with van der Waals surface area (Å²) in [5.41, 5.74) is -0.473. The van der Waals surface area contributed by atoms with E-state index >= 15 is 0 Å². The van der Waals surface area contributed by atoms with Crippen molar-refractivity contribution in [2.24, 2.45) is 7.05 Å². The van der Waals surface area contributed by atoms with Gasteiger partial charge in [-0.2, -0.15) is 0 Å². The van der Waals surface area contributed by atoms with Crippen LogP contribution < -0.4 is 0 Å². The highest BCUT2D eigenvalue weighted by atomic mass is 16.1. The Kier molecular flexibility index (Phi) is 3.29. The van der Waals surface area contributed by atoms with Gasteiger partial charge in [0.25, 0.3) is 0 Å². The highest BCUT2D eigenvalue weighted by molar-refractivity contribution is 6.00. The fourth-order valence-corrected chi connectivity index (χ4v) is 1.51. The molecular formula is C11H19N3O. The van der Waals surface area contributed by atoms with E-state index in [2.05, 4.69) is 4.98 Å². The zero-order chi connectivity index (χ0) is 11.6. The largest absolute Gasteiger partial charge is 0.332 e. The summed E-state index contributed by atoms with van der Waals surface area (Å²) >= 11 is 0. The summed E-state index contributed by atoms with van der Waals surface area (Å²) in [5.74, 6) is 0.593. The molecule has 1 aromatic rings. The van der Waals surface area contributed by atoms with Gasteiger partial charge >= 0.3 is 0 Å². The summed E-state index contributed by atoms with van der Waals surface area (Å²) in [4.78, 5) is 18.3. The fourth-order valence-electron chi connectivity index (χ4n) is 1.51. The molecule has 0 fully saturated rings. The molecule has 4 nitrogen and oxygen atoms in total. The molecule has 0 radical (unpaired) electrons. The van der Waals surface area contributed by atoms with Crippen LogP contribution in [0.25, 0.3) is 0 Å². The molecule has 1 atom stereocenters. The Labute approximate surface area is 90.9 Å². The summed E-state index contributed by atoms with van der Waals surface area (Å²) in [7, 11) is 5.68. The lowest BCUT2D eigenvalue weighted by molar-refractivity contribution is 0.0695. The lowest BCUT2D eigenvalue weighted by Gasteiger charge is -2.33. The van der Waals surface area contributed by atoms with Gasteiger partial charge in [0.2, 0.25) is 5.78 Å². The number of imidazole rings is 1. The molecule has 0 amide bonds. The summed E-state index contributed by atoms with van der Waals surface area (Å²) in [6, 6.07) is 0. The summed E-state index contributed by atoms with van der Waals surface area (Å²) in [5, 5.41) is 0. The lowest BCUT2D eigenvalue weighted by atomic mass is 9.91. The van der Waals surface area contributed by atoms with E-state index in [0.717, 1.165) is 6.42 Å². The average molecular weight is 209 g/mol. The second-order valence-electron chi connectivity index (χ2n) is 4.21. The number of hydrogen-bond acceptors (Lipinski definition) is 3. The maximum atomic E-state index is 12.3. The van der Waals surface area contributed by atoms with Gasteiger partial charge in [0.15, 0.2) is 5.82 Å². The first kappa shape index (κ1) is 11.9. The smallest absolute Gasteiger partial charge is 0.218 e. The van der Waals surface area contributed by atoms with E-state index < -0.39 is 5.54 Å². The van der Waals surface area contributed by atoms with E-state index in [1.165, 1.54) is 0 Å². The third-order valence-corrected chi connectivity index (χ3v) is 3.19. The van der Waals surface area contributed by atoms with Gasteiger partial charge in [-0.15, -0.1) is 0 Å². The lowest BCUT2D eigenvalue weighted by Crippen LogP contribution is -2.48. The van der Waals surface area contributed by atoms with Crippen LogP contribution in [0.15, 0.2) is 12.4 Å². The SMILES string of the molecule is CCC(C)(C(=O)c1nccn1C)N(C)C. The molecular weight excluding hydrogens is 190 g/mol. The Morgan fingerprint density at radius 3 is 2.53 bits per heavy atom. The zero-order valence-electron chi connectivity index (χ0n) is 10.1. The molecule has 0 aliphatic rings. The molecule has 0 bridgehead atoms. The first-order chi connectivity index (χ1) is 6.93. The molecule has 15 heavy (non-hydrogen) atoms. The highest BCUT2D eigenvalue weighted by Crippen LogP contribution is 2.21. The van der Waals surface area contributed by atoms with E-state index in [1.807, 2.05) is 39.9 Å². The highest BCUT2D eigenvalue weighted by Gasteiger charge is 2.36. The van der Waals surface area contributed by atoms with Crippen LogP contribution in [-0.2, 0) is 7.05 Å². The number of aromatic nitrogens is 2. The van der Waals surface area contributed by atoms with Gasteiger partial charge in [-0.05, 0) is 27.4 Å². The molecule has 0 aliphatic carbocycles. The van der Waals surface area contributed by atoms with Crippen molar-refractivity contribution in [3.8, 4) is 0 Å². The molecule has 1 aromatic heterocycles. The van der Waals surface area contributed by atoms with Gasteiger partial charge in [0.1, 0.15) is 0 Å². The van der Waals surface area contributed by atoms with Crippen LogP contribution >= 0.6 is 0 Å². The van der Waals surface area contributed by atoms with Crippen LogP contribution in [0, 0.1) is 0 Å². The number of carbonyl (C=O) groups is 1. The summed E-state index contributed by atoms with van der Waals surface area (Å²) in [6.45, 7) is 3.96. The number of ketones is 1. The van der Waals surface area contributed by atoms with Crippen LogP contribution in [0.2, 0.25) is 0 Å². The fraction of sp³-hybridized carbons (Fsp3) is 0.636. The molecule has 1 unspecified atom stereocenters. The Hall–Kier alpha value is -1.16. The van der Waals surface area contributed by atoms with Crippen molar-refractivity contribution in [3.05, 3.63) is 18.2 Å². The predicted octanol–water partition coefficient (Wildman–Crippen LogP) is 1.33. The molecule has 1 heterocycles. The Bertz CT molecular complexity index is 356. The quantitative estimate of drug-likeness (QED) is 0.702. The number of nitrogens with zero attached hydrogens (tertiary/aromatic N) is 3. The van der Waals surface area contributed by atoms with Crippen LogP contribution in [-0.4, -0.2) is 39.9 Å². The van der Waals surface area contributed by atoms with Crippen molar-refractivity contribution in [3.63, 3.8) is 0 Å². The van der Waals surface area contributed by atoms with Gasteiger partial charge in [0, 0.05) is 19.4 Å². The minimum atomic E-state index is -0.473. The van der Waals surface area contributed by atoms with Crippen LogP contribution in [0.3, 0.4) is 0 Å². The van der Waals surface area contributed by atoms with Crippen molar-refractivity contribution < 1.29 is 4.79 Å². The Balaban J connectivity index is 3.08. The van der Waals surface area contributed by atoms with E-state index in [9.17, 15) is 4.79 Å². The van der Waals surface area contributed by atoms with E-state index in [1.54, 1.807) is 17.0 Å². The molecule has 0 aliphatic heterocycles. The number of Topliss-reactive ketones (excluding diaryl/α,β-unsaturated/α-hetero) is 1. The van der Waals surface area contributed by atoms with Crippen LogP contribution in [0.4, 0.5) is 0 Å². The Morgan fingerprint density at radius 2 is 2.20 bits per heavy atom. The van der Waals surface area contributed by atoms with Gasteiger partial charge in [-0.3, -0.25) is 9.69 Å². The second-order valence-corrected chi connectivity index (χ2v) is 4.21. The molecule has 4 heteroatoms. The topological polar surface area (TPSA) is 38.1 Å². The monoisotopic (exact) mass is 209 g/mol. The average Bonchev–Trinajstić information content (AvgIpc) is 2.61. The molecule has 1 rings (SSSR count). The molecule has 0 N–H and O–H groups in total. The number of carbonyl (C=O) groups excluding carboxylic acids is 1. The normalized spacial score (nSPS) is 15.3. The first-order valence-corrected chi connectivity index (χ1v) is 5.13. The standard InChI is InChI=1S/C11H19N3O/c1-6-11(2,13(3)4)9(15)10-12-7-8-14(10)5/h7-8H,6H2,1-5H3. The minimum absolute atomic E-state index is 0.0718. The molecule has 84 valence electrons. The second kappa shape index (κ2) is 4.14. The number of aryl methyl sites for hydroxylation is 1. The number of rotatable bonds is 4. The molecule has 0 saturated carbocycles. The first-order valence-electron chi connectivity index (χ1n) is 5.13. The van der Waals surface area contributed by atoms with Crippen LogP contribution in [0.5, 0.6) is 0 Å². The van der Waals surface area contributed by atoms with Crippen molar-refractivity contribution in [2.45, 2.75) is 25.8 Å². The minimum Gasteiger partial charge on any atom is -0.332 e. The third-order valence-electron chi connectivity index (χ3n) is 3.19. The maximum absolute atomic E-state index is 12.3. The van der Waals surface area contributed by atoms with Crippen molar-refractivity contribution in [1.29, 1.82) is 0 Å². The van der Waals surface area contributed by atoms with Gasteiger partial charge in [-0.25, -0.2) is 4.98 Å². The van der Waals surface area contributed by atoms with E-state index in [0.29, 0.717) is 5.82 Å². The zero-order valence-corrected chi connectivity index (χ0v) is 10.1. The van der Waals surface area contributed by atoms with Crippen LogP contribution in [0.1, 0.15) is 30.9 Å². The Morgan fingerprint density at radius 1 is 1.60 bits per heavy atom. The number of hydrogen-bond donors (Lipinski definition) is 0.